The molecule has 0 saturated heterocycles. The molecule has 17 heavy (non-hydrogen) atoms. The van der Waals surface area contributed by atoms with E-state index >= 15 is 0 Å². The van der Waals surface area contributed by atoms with Crippen molar-refractivity contribution in [2.45, 2.75) is 45.6 Å². The van der Waals surface area contributed by atoms with E-state index in [0.29, 0.717) is 11.6 Å². The van der Waals surface area contributed by atoms with Crippen molar-refractivity contribution in [1.82, 2.24) is 15.1 Å². The maximum atomic E-state index is 12.3. The molecule has 0 unspecified atom stereocenters. The van der Waals surface area contributed by atoms with Crippen molar-refractivity contribution in [1.29, 1.82) is 0 Å². The number of amides is 1. The summed E-state index contributed by atoms with van der Waals surface area (Å²) in [5.74, 6) is 0.904. The van der Waals surface area contributed by atoms with Crippen LogP contribution in [0.5, 0.6) is 0 Å². The first kappa shape index (κ1) is 12.1. The van der Waals surface area contributed by atoms with Crippen LogP contribution in [0.3, 0.4) is 0 Å². The standard InChI is InChI=1S/C13H21N3O/c1-9-4-6-11(7-5-9)16(3)13(17)12-8-14-15-10(12)2/h8-9,11H,4-7H2,1-3H3,(H,14,15). The van der Waals surface area contributed by atoms with Gasteiger partial charge in [0.15, 0.2) is 0 Å². The topological polar surface area (TPSA) is 49.0 Å². The molecule has 1 amide bonds. The molecule has 0 bridgehead atoms. The van der Waals surface area contributed by atoms with E-state index < -0.39 is 0 Å². The lowest BCUT2D eigenvalue weighted by Gasteiger charge is -2.33. The molecule has 0 spiro atoms. The van der Waals surface area contributed by atoms with Gasteiger partial charge in [0.1, 0.15) is 0 Å². The number of nitrogens with zero attached hydrogens (tertiary/aromatic N) is 2. The highest BCUT2D eigenvalue weighted by Crippen LogP contribution is 2.27. The molecular formula is C13H21N3O. The number of carbonyl (C=O) groups excluding carboxylic acids is 1. The van der Waals surface area contributed by atoms with Gasteiger partial charge in [-0.05, 0) is 38.5 Å². The number of aryl methyl sites for hydroxylation is 1. The Labute approximate surface area is 102 Å². The highest BCUT2D eigenvalue weighted by atomic mass is 16.2. The molecule has 1 saturated carbocycles. The molecule has 2 rings (SSSR count). The number of aromatic amines is 1. The molecule has 1 fully saturated rings. The highest BCUT2D eigenvalue weighted by molar-refractivity contribution is 5.95. The van der Waals surface area contributed by atoms with Crippen LogP contribution in [0.15, 0.2) is 6.20 Å². The molecule has 0 radical (unpaired) electrons. The van der Waals surface area contributed by atoms with Gasteiger partial charge in [-0.15, -0.1) is 0 Å². The molecule has 1 N–H and O–H groups in total. The van der Waals surface area contributed by atoms with E-state index in [1.165, 1.54) is 12.8 Å². The Morgan fingerprint density at radius 1 is 1.41 bits per heavy atom. The molecular weight excluding hydrogens is 214 g/mol. The number of H-pyrrole nitrogens is 1. The van der Waals surface area contributed by atoms with Crippen LogP contribution in [0.2, 0.25) is 0 Å². The van der Waals surface area contributed by atoms with Crippen LogP contribution < -0.4 is 0 Å². The number of hydrogen-bond donors (Lipinski definition) is 1. The molecule has 4 heteroatoms. The number of aromatic nitrogens is 2. The Balaban J connectivity index is 2.03. The highest BCUT2D eigenvalue weighted by Gasteiger charge is 2.26. The molecule has 0 aromatic carbocycles. The summed E-state index contributed by atoms with van der Waals surface area (Å²) >= 11 is 0. The van der Waals surface area contributed by atoms with E-state index in [4.69, 9.17) is 0 Å². The van der Waals surface area contributed by atoms with Gasteiger partial charge in [-0.3, -0.25) is 9.89 Å². The molecule has 1 aromatic heterocycles. The first-order chi connectivity index (χ1) is 8.09. The predicted octanol–water partition coefficient (Wildman–Crippen LogP) is 2.37. The molecule has 1 aliphatic rings. The summed E-state index contributed by atoms with van der Waals surface area (Å²) in [6.07, 6.45) is 6.33. The van der Waals surface area contributed by atoms with Crippen LogP contribution >= 0.6 is 0 Å². The molecule has 0 atom stereocenters. The van der Waals surface area contributed by atoms with E-state index in [2.05, 4.69) is 17.1 Å². The van der Waals surface area contributed by atoms with Crippen molar-refractivity contribution >= 4 is 5.91 Å². The van der Waals surface area contributed by atoms with Crippen LogP contribution in [0.4, 0.5) is 0 Å². The number of hydrogen-bond acceptors (Lipinski definition) is 2. The summed E-state index contributed by atoms with van der Waals surface area (Å²) in [5.41, 5.74) is 1.55. The zero-order chi connectivity index (χ0) is 12.4. The largest absolute Gasteiger partial charge is 0.339 e. The summed E-state index contributed by atoms with van der Waals surface area (Å²) < 4.78 is 0. The minimum atomic E-state index is 0.0933. The fraction of sp³-hybridized carbons (Fsp3) is 0.692. The number of carbonyl (C=O) groups is 1. The van der Waals surface area contributed by atoms with Gasteiger partial charge in [-0.1, -0.05) is 6.92 Å². The van der Waals surface area contributed by atoms with Crippen molar-refractivity contribution in [3.05, 3.63) is 17.5 Å². The number of rotatable bonds is 2. The molecule has 1 aliphatic carbocycles. The van der Waals surface area contributed by atoms with Gasteiger partial charge < -0.3 is 4.90 Å². The van der Waals surface area contributed by atoms with E-state index in [-0.39, 0.29) is 5.91 Å². The lowest BCUT2D eigenvalue weighted by molar-refractivity contribution is 0.0679. The third-order valence-electron chi connectivity index (χ3n) is 3.91. The van der Waals surface area contributed by atoms with Gasteiger partial charge in [0, 0.05) is 18.8 Å². The first-order valence-electron chi connectivity index (χ1n) is 6.36. The molecule has 0 aliphatic heterocycles. The van der Waals surface area contributed by atoms with Crippen molar-refractivity contribution in [3.8, 4) is 0 Å². The second kappa shape index (κ2) is 4.90. The Bertz CT molecular complexity index is 391. The van der Waals surface area contributed by atoms with Crippen molar-refractivity contribution < 1.29 is 4.79 Å². The smallest absolute Gasteiger partial charge is 0.257 e. The van der Waals surface area contributed by atoms with Gasteiger partial charge in [-0.2, -0.15) is 5.10 Å². The SMILES string of the molecule is Cc1[nH]ncc1C(=O)N(C)C1CCC(C)CC1. The molecule has 4 nitrogen and oxygen atoms in total. The van der Waals surface area contributed by atoms with Gasteiger partial charge in [-0.25, -0.2) is 0 Å². The van der Waals surface area contributed by atoms with E-state index in [9.17, 15) is 4.79 Å². The van der Waals surface area contributed by atoms with Crippen LogP contribution in [-0.4, -0.2) is 34.1 Å². The first-order valence-corrected chi connectivity index (χ1v) is 6.36. The normalized spacial score (nSPS) is 24.6. The Kier molecular flexibility index (Phi) is 3.50. The predicted molar refractivity (Wildman–Crippen MR) is 66.8 cm³/mol. The zero-order valence-electron chi connectivity index (χ0n) is 10.9. The minimum absolute atomic E-state index is 0.0933. The van der Waals surface area contributed by atoms with Crippen LogP contribution in [-0.2, 0) is 0 Å². The summed E-state index contributed by atoms with van der Waals surface area (Å²) in [7, 11) is 1.91. The number of nitrogens with one attached hydrogen (secondary N) is 1. The lowest BCUT2D eigenvalue weighted by atomic mass is 9.86. The van der Waals surface area contributed by atoms with E-state index in [1.807, 2.05) is 18.9 Å². The zero-order valence-corrected chi connectivity index (χ0v) is 10.9. The lowest BCUT2D eigenvalue weighted by Crippen LogP contribution is -2.39. The van der Waals surface area contributed by atoms with Crippen LogP contribution in [0.25, 0.3) is 0 Å². The monoisotopic (exact) mass is 235 g/mol. The van der Waals surface area contributed by atoms with Gasteiger partial charge in [0.05, 0.1) is 11.8 Å². The quantitative estimate of drug-likeness (QED) is 0.855. The summed E-state index contributed by atoms with van der Waals surface area (Å²) in [6, 6.07) is 0.396. The maximum absolute atomic E-state index is 12.3. The fourth-order valence-electron chi connectivity index (χ4n) is 2.55. The third-order valence-corrected chi connectivity index (χ3v) is 3.91. The van der Waals surface area contributed by atoms with E-state index in [1.54, 1.807) is 6.20 Å². The Hall–Kier alpha value is -1.32. The van der Waals surface area contributed by atoms with Crippen molar-refractivity contribution in [2.75, 3.05) is 7.05 Å². The van der Waals surface area contributed by atoms with E-state index in [0.717, 1.165) is 24.5 Å². The second-order valence-corrected chi connectivity index (χ2v) is 5.24. The van der Waals surface area contributed by atoms with Gasteiger partial charge >= 0.3 is 0 Å². The molecule has 1 heterocycles. The van der Waals surface area contributed by atoms with Gasteiger partial charge in [0.2, 0.25) is 0 Å². The Morgan fingerprint density at radius 3 is 2.59 bits per heavy atom. The van der Waals surface area contributed by atoms with Crippen molar-refractivity contribution in [3.63, 3.8) is 0 Å². The molecule has 1 aromatic rings. The average Bonchev–Trinajstić information content (AvgIpc) is 2.74. The summed E-state index contributed by atoms with van der Waals surface area (Å²) in [4.78, 5) is 14.2. The fourth-order valence-corrected chi connectivity index (χ4v) is 2.55. The van der Waals surface area contributed by atoms with Crippen LogP contribution in [0, 0.1) is 12.8 Å². The molecule has 94 valence electrons. The van der Waals surface area contributed by atoms with Crippen molar-refractivity contribution in [2.24, 2.45) is 5.92 Å². The summed E-state index contributed by atoms with van der Waals surface area (Å²) in [5, 5.41) is 6.73. The van der Waals surface area contributed by atoms with Crippen LogP contribution in [0.1, 0.15) is 48.7 Å². The minimum Gasteiger partial charge on any atom is -0.339 e. The second-order valence-electron chi connectivity index (χ2n) is 5.24. The van der Waals surface area contributed by atoms with Gasteiger partial charge in [0.25, 0.3) is 5.91 Å². The average molecular weight is 235 g/mol. The third kappa shape index (κ3) is 2.51. The maximum Gasteiger partial charge on any atom is 0.257 e. The Morgan fingerprint density at radius 2 is 2.06 bits per heavy atom. The summed E-state index contributed by atoms with van der Waals surface area (Å²) in [6.45, 7) is 4.18.